The molecule has 0 aliphatic heterocycles. The van der Waals surface area contributed by atoms with Crippen molar-refractivity contribution in [3.05, 3.63) is 242 Å². The fourth-order valence-electron chi connectivity index (χ4n) is 10.1. The van der Waals surface area contributed by atoms with E-state index in [0.29, 0.717) is 0 Å². The molecule has 0 spiro atoms. The van der Waals surface area contributed by atoms with Gasteiger partial charge in [-0.2, -0.15) is 0 Å². The molecule has 0 fully saturated rings. The van der Waals surface area contributed by atoms with E-state index in [4.69, 9.17) is 0 Å². The predicted octanol–water partition coefficient (Wildman–Crippen LogP) is 16.7. The second-order valence-corrected chi connectivity index (χ2v) is 17.4. The zero-order valence-electron chi connectivity index (χ0n) is 35.3. The van der Waals surface area contributed by atoms with E-state index in [0.717, 1.165) is 17.1 Å². The molecule has 2 heteroatoms. The molecule has 0 saturated carbocycles. The smallest absolute Gasteiger partial charge is 0.0541 e. The molecule has 0 radical (unpaired) electrons. The first-order valence-corrected chi connectivity index (χ1v) is 21.9. The van der Waals surface area contributed by atoms with Gasteiger partial charge in [0.05, 0.1) is 11.0 Å². The summed E-state index contributed by atoms with van der Waals surface area (Å²) < 4.78 is 2.41. The molecule has 0 N–H and O–H groups in total. The van der Waals surface area contributed by atoms with Gasteiger partial charge in [0, 0.05) is 38.9 Å². The van der Waals surface area contributed by atoms with Gasteiger partial charge in [-0.25, -0.2) is 0 Å². The molecule has 0 bridgehead atoms. The number of benzene rings is 10. The average molecular weight is 805 g/mol. The summed E-state index contributed by atoms with van der Waals surface area (Å²) in [6.07, 6.45) is 0. The number of anilines is 3. The summed E-state index contributed by atoms with van der Waals surface area (Å²) in [5.41, 5.74) is 19.4. The average Bonchev–Trinajstić information content (AvgIpc) is 3.79. The van der Waals surface area contributed by atoms with E-state index >= 15 is 0 Å². The highest BCUT2D eigenvalue weighted by Gasteiger charge is 2.35. The van der Waals surface area contributed by atoms with Gasteiger partial charge in [0.25, 0.3) is 0 Å². The first-order chi connectivity index (χ1) is 31.0. The van der Waals surface area contributed by atoms with Gasteiger partial charge >= 0.3 is 0 Å². The highest BCUT2D eigenvalue weighted by Crippen LogP contribution is 2.51. The van der Waals surface area contributed by atoms with E-state index in [1.807, 2.05) is 0 Å². The van der Waals surface area contributed by atoms with Gasteiger partial charge in [-0.3, -0.25) is 0 Å². The van der Waals surface area contributed by atoms with Crippen LogP contribution in [0.5, 0.6) is 0 Å². The fraction of sp³-hybridized carbons (Fsp3) is 0.0492. The van der Waals surface area contributed by atoms with E-state index in [-0.39, 0.29) is 5.41 Å². The summed E-state index contributed by atoms with van der Waals surface area (Å²) in [7, 11) is 0. The first-order valence-electron chi connectivity index (χ1n) is 21.9. The third-order valence-corrected chi connectivity index (χ3v) is 13.4. The Morgan fingerprint density at radius 3 is 1.73 bits per heavy atom. The first kappa shape index (κ1) is 36.9. The van der Waals surface area contributed by atoms with Crippen LogP contribution in [0.2, 0.25) is 0 Å². The lowest BCUT2D eigenvalue weighted by atomic mass is 9.82. The Bertz CT molecular complexity index is 3520. The summed E-state index contributed by atoms with van der Waals surface area (Å²) in [5.74, 6) is 0. The normalized spacial score (nSPS) is 12.7. The quantitative estimate of drug-likeness (QED) is 0.156. The van der Waals surface area contributed by atoms with E-state index < -0.39 is 0 Å². The van der Waals surface area contributed by atoms with E-state index in [1.54, 1.807) is 0 Å². The lowest BCUT2D eigenvalue weighted by Gasteiger charge is -2.28. The van der Waals surface area contributed by atoms with Crippen molar-refractivity contribution >= 4 is 49.6 Å². The molecule has 1 aromatic heterocycles. The molecule has 1 heterocycles. The Labute approximate surface area is 368 Å². The van der Waals surface area contributed by atoms with Crippen molar-refractivity contribution in [3.63, 3.8) is 0 Å². The number of para-hydroxylation sites is 1. The molecule has 63 heavy (non-hydrogen) atoms. The number of aromatic nitrogens is 1. The molecule has 11 aromatic rings. The lowest BCUT2D eigenvalue weighted by molar-refractivity contribution is 0.660. The third kappa shape index (κ3) is 6.17. The second kappa shape index (κ2) is 14.6. The van der Waals surface area contributed by atoms with Crippen LogP contribution in [0.3, 0.4) is 0 Å². The van der Waals surface area contributed by atoms with Crippen LogP contribution in [0, 0.1) is 0 Å². The van der Waals surface area contributed by atoms with E-state index in [9.17, 15) is 0 Å². The van der Waals surface area contributed by atoms with Crippen LogP contribution in [0.15, 0.2) is 231 Å². The summed E-state index contributed by atoms with van der Waals surface area (Å²) in [6.45, 7) is 4.71. The molecule has 0 atom stereocenters. The molecule has 10 aromatic carbocycles. The topological polar surface area (TPSA) is 8.17 Å². The molecule has 2 nitrogen and oxygen atoms in total. The van der Waals surface area contributed by atoms with E-state index in [2.05, 4.69) is 254 Å². The Hall–Kier alpha value is -7.94. The summed E-state index contributed by atoms with van der Waals surface area (Å²) in [5, 5.41) is 4.99. The van der Waals surface area contributed by atoms with Crippen LogP contribution >= 0.6 is 0 Å². The van der Waals surface area contributed by atoms with Crippen molar-refractivity contribution in [2.75, 3.05) is 4.90 Å². The zero-order chi connectivity index (χ0) is 42.1. The third-order valence-electron chi connectivity index (χ3n) is 13.4. The maximum Gasteiger partial charge on any atom is 0.0541 e. The number of hydrogen-bond acceptors (Lipinski definition) is 1. The van der Waals surface area contributed by atoms with Gasteiger partial charge in [0.1, 0.15) is 0 Å². The van der Waals surface area contributed by atoms with Crippen molar-refractivity contribution < 1.29 is 0 Å². The molecule has 0 unspecified atom stereocenters. The van der Waals surface area contributed by atoms with E-state index in [1.165, 1.54) is 93.9 Å². The zero-order valence-corrected chi connectivity index (χ0v) is 35.3. The number of fused-ring (bicyclic) bond motifs is 7. The van der Waals surface area contributed by atoms with Crippen LogP contribution in [0.25, 0.3) is 82.8 Å². The summed E-state index contributed by atoms with van der Waals surface area (Å²) >= 11 is 0. The minimum Gasteiger partial charge on any atom is -0.310 e. The van der Waals surface area contributed by atoms with Gasteiger partial charge in [0.2, 0.25) is 0 Å². The van der Waals surface area contributed by atoms with Crippen molar-refractivity contribution in [2.45, 2.75) is 19.3 Å². The van der Waals surface area contributed by atoms with Gasteiger partial charge in [-0.15, -0.1) is 0 Å². The van der Waals surface area contributed by atoms with Crippen molar-refractivity contribution in [1.82, 2.24) is 4.57 Å². The molecule has 1 aliphatic carbocycles. The highest BCUT2D eigenvalue weighted by molar-refractivity contribution is 6.10. The Kier molecular flexibility index (Phi) is 8.55. The van der Waals surface area contributed by atoms with Gasteiger partial charge < -0.3 is 9.47 Å². The van der Waals surface area contributed by atoms with Gasteiger partial charge in [0.15, 0.2) is 0 Å². The SMILES string of the molecule is CC1(C)c2ccccc2-c2ccc(N(c3ccc(-c4ccc5c(c4)c4ccccc4n5-c4ccc5ccccc5c4)cc3)c3cccc(-c4ccc(-c5ccccc5)cc4)c3)cc21. The van der Waals surface area contributed by atoms with Gasteiger partial charge in [-0.1, -0.05) is 178 Å². The minimum absolute atomic E-state index is 0.115. The van der Waals surface area contributed by atoms with Crippen molar-refractivity contribution in [3.8, 4) is 50.2 Å². The maximum atomic E-state index is 2.42. The highest BCUT2D eigenvalue weighted by atomic mass is 15.1. The van der Waals surface area contributed by atoms with Gasteiger partial charge in [-0.05, 0) is 133 Å². The fourth-order valence-corrected chi connectivity index (χ4v) is 10.1. The van der Waals surface area contributed by atoms with Crippen LogP contribution in [0.1, 0.15) is 25.0 Å². The Morgan fingerprint density at radius 2 is 0.905 bits per heavy atom. The number of hydrogen-bond donors (Lipinski definition) is 0. The molecule has 0 saturated heterocycles. The maximum absolute atomic E-state index is 2.42. The second-order valence-electron chi connectivity index (χ2n) is 17.4. The molecule has 12 rings (SSSR count). The van der Waals surface area contributed by atoms with Crippen LogP contribution in [-0.2, 0) is 5.41 Å². The van der Waals surface area contributed by atoms with Crippen molar-refractivity contribution in [2.24, 2.45) is 0 Å². The van der Waals surface area contributed by atoms with Crippen LogP contribution in [-0.4, -0.2) is 4.57 Å². The Morgan fingerprint density at radius 1 is 0.333 bits per heavy atom. The minimum atomic E-state index is -0.115. The Balaban J connectivity index is 0.948. The standard InChI is InChI=1S/C61H44N2/c1-61(2)57-21-10-8-19-53(57)54-35-34-52(40-58(54)61)62(50-18-12-17-47(37-50)44-25-23-43(24-26-44)41-13-4-3-5-14-41)49-31-27-45(28-32-49)48-30-36-60-56(39-48)55-20-9-11-22-59(55)63(60)51-33-29-42-15-6-7-16-46(42)38-51/h3-40H,1-2H3. The molecular weight excluding hydrogens is 761 g/mol. The lowest BCUT2D eigenvalue weighted by Crippen LogP contribution is -2.16. The monoisotopic (exact) mass is 804 g/mol. The number of rotatable bonds is 7. The number of nitrogens with zero attached hydrogens (tertiary/aromatic N) is 2. The van der Waals surface area contributed by atoms with Crippen LogP contribution < -0.4 is 4.90 Å². The molecular formula is C61H44N2. The molecule has 0 amide bonds. The summed E-state index contributed by atoms with van der Waals surface area (Å²) in [4.78, 5) is 2.42. The molecule has 1 aliphatic rings. The predicted molar refractivity (Wildman–Crippen MR) is 267 cm³/mol. The largest absolute Gasteiger partial charge is 0.310 e. The molecule has 298 valence electrons. The van der Waals surface area contributed by atoms with Crippen LogP contribution in [0.4, 0.5) is 17.1 Å². The summed E-state index contributed by atoms with van der Waals surface area (Å²) in [6, 6.07) is 84.7. The van der Waals surface area contributed by atoms with Crippen molar-refractivity contribution in [1.29, 1.82) is 0 Å².